The monoisotopic (exact) mass is 185 g/mol. The molecular formula is C10H19NO2. The van der Waals surface area contributed by atoms with Crippen molar-refractivity contribution < 1.29 is 9.47 Å². The van der Waals surface area contributed by atoms with Gasteiger partial charge in [0.25, 0.3) is 0 Å². The minimum atomic E-state index is -0.0179. The summed E-state index contributed by atoms with van der Waals surface area (Å²) in [4.78, 5) is 0. The lowest BCUT2D eigenvalue weighted by molar-refractivity contribution is 0.0405. The second-order valence-electron chi connectivity index (χ2n) is 3.07. The molecule has 0 spiro atoms. The van der Waals surface area contributed by atoms with E-state index in [1.165, 1.54) is 0 Å². The van der Waals surface area contributed by atoms with Crippen LogP contribution in [0.2, 0.25) is 0 Å². The van der Waals surface area contributed by atoms with E-state index in [2.05, 4.69) is 13.0 Å². The smallest absolute Gasteiger partial charge is 0.0701 e. The van der Waals surface area contributed by atoms with Crippen LogP contribution in [0.15, 0.2) is 0 Å². The number of hydrogen-bond donors (Lipinski definition) is 0. The fraction of sp³-hybridized carbons (Fsp3) is 0.900. The molecule has 0 radical (unpaired) electrons. The van der Waals surface area contributed by atoms with E-state index in [1.54, 1.807) is 0 Å². The highest BCUT2D eigenvalue weighted by Crippen LogP contribution is 1.93. The Bertz CT molecular complexity index is 142. The molecule has 76 valence electrons. The maximum atomic E-state index is 8.45. The Morgan fingerprint density at radius 1 is 1.23 bits per heavy atom. The lowest BCUT2D eigenvalue weighted by Gasteiger charge is -2.05. The average Bonchev–Trinajstić information content (AvgIpc) is 2.16. The number of unbranched alkanes of at least 4 members (excludes halogenated alkanes) is 1. The number of ether oxygens (including phenoxy) is 2. The quantitative estimate of drug-likeness (QED) is 0.543. The van der Waals surface area contributed by atoms with Gasteiger partial charge >= 0.3 is 0 Å². The molecule has 0 heterocycles. The van der Waals surface area contributed by atoms with Crippen LogP contribution >= 0.6 is 0 Å². The molecule has 0 amide bonds. The molecule has 0 rings (SSSR count). The van der Waals surface area contributed by atoms with Crippen molar-refractivity contribution in [3.63, 3.8) is 0 Å². The number of nitriles is 1. The predicted molar refractivity (Wildman–Crippen MR) is 51.3 cm³/mol. The number of hydrogen-bond acceptors (Lipinski definition) is 3. The maximum Gasteiger partial charge on any atom is 0.0701 e. The van der Waals surface area contributed by atoms with Crippen LogP contribution in [0.25, 0.3) is 0 Å². The van der Waals surface area contributed by atoms with Crippen LogP contribution in [0.3, 0.4) is 0 Å². The first kappa shape index (κ1) is 12.4. The molecule has 0 aromatic carbocycles. The van der Waals surface area contributed by atoms with E-state index in [9.17, 15) is 0 Å². The van der Waals surface area contributed by atoms with Crippen molar-refractivity contribution in [2.75, 3.05) is 26.4 Å². The van der Waals surface area contributed by atoms with E-state index in [1.807, 2.05) is 6.92 Å². The van der Waals surface area contributed by atoms with Gasteiger partial charge in [-0.1, -0.05) is 13.3 Å². The van der Waals surface area contributed by atoms with Crippen LogP contribution in [-0.2, 0) is 9.47 Å². The summed E-state index contributed by atoms with van der Waals surface area (Å²) < 4.78 is 10.5. The third-order valence-electron chi connectivity index (χ3n) is 1.60. The summed E-state index contributed by atoms with van der Waals surface area (Å²) in [5.41, 5.74) is 0. The molecule has 0 aliphatic heterocycles. The van der Waals surface area contributed by atoms with E-state index in [0.29, 0.717) is 19.8 Å². The summed E-state index contributed by atoms with van der Waals surface area (Å²) in [5.74, 6) is -0.0179. The summed E-state index contributed by atoms with van der Waals surface area (Å²) in [5, 5.41) is 8.45. The molecular weight excluding hydrogens is 166 g/mol. The first-order valence-corrected chi connectivity index (χ1v) is 4.86. The molecule has 0 aromatic rings. The molecule has 0 aliphatic rings. The molecule has 0 fully saturated rings. The van der Waals surface area contributed by atoms with Crippen LogP contribution in [-0.4, -0.2) is 26.4 Å². The van der Waals surface area contributed by atoms with Crippen molar-refractivity contribution in [3.8, 4) is 6.07 Å². The summed E-state index contributed by atoms with van der Waals surface area (Å²) >= 11 is 0. The third kappa shape index (κ3) is 9.32. The Morgan fingerprint density at radius 2 is 1.92 bits per heavy atom. The topological polar surface area (TPSA) is 42.2 Å². The van der Waals surface area contributed by atoms with Crippen molar-refractivity contribution in [1.82, 2.24) is 0 Å². The second-order valence-corrected chi connectivity index (χ2v) is 3.07. The normalized spacial score (nSPS) is 12.4. The van der Waals surface area contributed by atoms with Gasteiger partial charge in [0.15, 0.2) is 0 Å². The Hall–Kier alpha value is -0.590. The molecule has 1 unspecified atom stereocenters. The van der Waals surface area contributed by atoms with E-state index in [-0.39, 0.29) is 5.92 Å². The van der Waals surface area contributed by atoms with Crippen molar-refractivity contribution in [2.24, 2.45) is 5.92 Å². The Balaban J connectivity index is 2.96. The van der Waals surface area contributed by atoms with E-state index < -0.39 is 0 Å². The fourth-order valence-electron chi connectivity index (χ4n) is 0.764. The lowest BCUT2D eigenvalue weighted by atomic mass is 10.2. The van der Waals surface area contributed by atoms with E-state index >= 15 is 0 Å². The highest BCUT2D eigenvalue weighted by atomic mass is 16.5. The van der Waals surface area contributed by atoms with Crippen LogP contribution in [0.1, 0.15) is 26.7 Å². The molecule has 1 atom stereocenters. The van der Waals surface area contributed by atoms with Gasteiger partial charge in [0.2, 0.25) is 0 Å². The van der Waals surface area contributed by atoms with Gasteiger partial charge in [-0.3, -0.25) is 0 Å². The largest absolute Gasteiger partial charge is 0.379 e. The molecule has 0 bridgehead atoms. The van der Waals surface area contributed by atoms with Crippen molar-refractivity contribution in [1.29, 1.82) is 5.26 Å². The molecule has 3 nitrogen and oxygen atoms in total. The second kappa shape index (κ2) is 9.50. The van der Waals surface area contributed by atoms with E-state index in [4.69, 9.17) is 14.7 Å². The van der Waals surface area contributed by atoms with Gasteiger partial charge in [-0.05, 0) is 13.3 Å². The van der Waals surface area contributed by atoms with Crippen LogP contribution in [0.4, 0.5) is 0 Å². The molecule has 0 saturated heterocycles. The first-order valence-electron chi connectivity index (χ1n) is 4.86. The van der Waals surface area contributed by atoms with Crippen LogP contribution in [0, 0.1) is 17.2 Å². The maximum absolute atomic E-state index is 8.45. The van der Waals surface area contributed by atoms with Crippen molar-refractivity contribution in [3.05, 3.63) is 0 Å². The first-order chi connectivity index (χ1) is 6.31. The van der Waals surface area contributed by atoms with Gasteiger partial charge in [0, 0.05) is 6.61 Å². The molecule has 13 heavy (non-hydrogen) atoms. The van der Waals surface area contributed by atoms with Crippen LogP contribution < -0.4 is 0 Å². The van der Waals surface area contributed by atoms with Gasteiger partial charge in [-0.2, -0.15) is 5.26 Å². The molecule has 0 saturated carbocycles. The average molecular weight is 185 g/mol. The number of nitrogens with zero attached hydrogens (tertiary/aromatic N) is 1. The Labute approximate surface area is 80.6 Å². The van der Waals surface area contributed by atoms with Gasteiger partial charge in [0.05, 0.1) is 31.8 Å². The summed E-state index contributed by atoms with van der Waals surface area (Å²) in [6.45, 7) is 6.53. The zero-order valence-electron chi connectivity index (χ0n) is 8.58. The molecule has 0 aliphatic carbocycles. The Kier molecular flexibility index (Phi) is 9.07. The standard InChI is InChI=1S/C10H19NO2/c1-3-4-5-12-6-7-13-9-10(2)8-11/h10H,3-7,9H2,1-2H3. The van der Waals surface area contributed by atoms with Crippen LogP contribution in [0.5, 0.6) is 0 Å². The van der Waals surface area contributed by atoms with E-state index in [0.717, 1.165) is 19.4 Å². The summed E-state index contributed by atoms with van der Waals surface area (Å²) in [6, 6.07) is 2.11. The van der Waals surface area contributed by atoms with Gasteiger partial charge < -0.3 is 9.47 Å². The Morgan fingerprint density at radius 3 is 2.54 bits per heavy atom. The van der Waals surface area contributed by atoms with Gasteiger partial charge in [0.1, 0.15) is 0 Å². The van der Waals surface area contributed by atoms with Gasteiger partial charge in [-0.25, -0.2) is 0 Å². The van der Waals surface area contributed by atoms with Crippen molar-refractivity contribution >= 4 is 0 Å². The zero-order valence-corrected chi connectivity index (χ0v) is 8.58. The minimum Gasteiger partial charge on any atom is -0.379 e. The summed E-state index contributed by atoms with van der Waals surface area (Å²) in [7, 11) is 0. The molecule has 0 aromatic heterocycles. The van der Waals surface area contributed by atoms with Crippen molar-refractivity contribution in [2.45, 2.75) is 26.7 Å². The third-order valence-corrected chi connectivity index (χ3v) is 1.60. The lowest BCUT2D eigenvalue weighted by Crippen LogP contribution is -2.09. The minimum absolute atomic E-state index is 0.0179. The highest BCUT2D eigenvalue weighted by Gasteiger charge is 1.97. The SMILES string of the molecule is CCCCOCCOCC(C)C#N. The summed E-state index contributed by atoms with van der Waals surface area (Å²) in [6.07, 6.45) is 2.26. The fourth-order valence-corrected chi connectivity index (χ4v) is 0.764. The molecule has 3 heteroatoms. The zero-order chi connectivity index (χ0) is 9.94. The predicted octanol–water partition coefficient (Wildman–Crippen LogP) is 1.98. The molecule has 0 N–H and O–H groups in total. The number of rotatable bonds is 8. The van der Waals surface area contributed by atoms with Gasteiger partial charge in [-0.15, -0.1) is 0 Å². The highest BCUT2D eigenvalue weighted by molar-refractivity contribution is 4.77.